The number of methoxy groups -OCH3 is 3. The highest BCUT2D eigenvalue weighted by Crippen LogP contribution is 2.47. The summed E-state index contributed by atoms with van der Waals surface area (Å²) in [4.78, 5) is 0. The van der Waals surface area contributed by atoms with Gasteiger partial charge in [0.15, 0.2) is 22.9 Å². The van der Waals surface area contributed by atoms with Gasteiger partial charge in [-0.3, -0.25) is 0 Å². The predicted octanol–water partition coefficient (Wildman–Crippen LogP) is 5.38. The maximum absolute atomic E-state index is 9.74. The van der Waals surface area contributed by atoms with E-state index in [0.717, 1.165) is 33.2 Å². The molecule has 2 N–H and O–H groups in total. The Morgan fingerprint density at radius 2 is 1.87 bits per heavy atom. The van der Waals surface area contributed by atoms with Crippen molar-refractivity contribution in [2.24, 2.45) is 5.41 Å². The first-order chi connectivity index (χ1) is 18.2. The second-order valence-electron chi connectivity index (χ2n) is 10.4. The topological polar surface area (TPSA) is 108 Å². The molecule has 0 saturated carbocycles. The molecule has 1 aliphatic heterocycles. The molecule has 2 aromatic heterocycles. The van der Waals surface area contributed by atoms with Gasteiger partial charge in [-0.25, -0.2) is 0 Å². The number of ether oxygens (including phenoxy) is 4. The molecule has 0 radical (unpaired) electrons. The minimum atomic E-state index is -0.367. The van der Waals surface area contributed by atoms with Crippen molar-refractivity contribution in [1.29, 1.82) is 0 Å². The zero-order valence-corrected chi connectivity index (χ0v) is 22.6. The van der Waals surface area contributed by atoms with Crippen LogP contribution in [0.1, 0.15) is 26.3 Å². The van der Waals surface area contributed by atoms with Gasteiger partial charge in [0.05, 0.1) is 26.7 Å². The Balaban J connectivity index is 1.76. The van der Waals surface area contributed by atoms with Crippen LogP contribution < -0.4 is 24.3 Å². The van der Waals surface area contributed by atoms with Crippen LogP contribution in [0.2, 0.25) is 0 Å². The number of anilines is 1. The van der Waals surface area contributed by atoms with E-state index in [9.17, 15) is 5.11 Å². The van der Waals surface area contributed by atoms with E-state index >= 15 is 0 Å². The summed E-state index contributed by atoms with van der Waals surface area (Å²) in [5.74, 6) is 3.05. The Labute approximate surface area is 221 Å². The number of hydrogen-bond donors (Lipinski definition) is 2. The van der Waals surface area contributed by atoms with Gasteiger partial charge in [-0.2, -0.15) is 0 Å². The highest BCUT2D eigenvalue weighted by atomic mass is 16.5. The molecule has 0 saturated heterocycles. The van der Waals surface area contributed by atoms with E-state index in [0.29, 0.717) is 52.9 Å². The summed E-state index contributed by atoms with van der Waals surface area (Å²) in [5.41, 5.74) is 4.07. The summed E-state index contributed by atoms with van der Waals surface area (Å²) in [6.07, 6.45) is 0.554. The number of nitrogens with zero attached hydrogens (tertiary/aromatic N) is 2. The number of furan rings is 1. The van der Waals surface area contributed by atoms with Gasteiger partial charge in [0, 0.05) is 47.6 Å². The Hall–Kier alpha value is -3.98. The summed E-state index contributed by atoms with van der Waals surface area (Å²) in [5, 5.41) is 23.8. The van der Waals surface area contributed by atoms with Crippen molar-refractivity contribution in [3.8, 4) is 34.3 Å². The van der Waals surface area contributed by atoms with Crippen molar-refractivity contribution in [2.45, 2.75) is 33.3 Å². The Bertz CT molecular complexity index is 1540. The van der Waals surface area contributed by atoms with E-state index in [1.807, 2.05) is 39.0 Å². The van der Waals surface area contributed by atoms with Crippen LogP contribution >= 0.6 is 0 Å². The first-order valence-corrected chi connectivity index (χ1v) is 12.4. The molecule has 1 atom stereocenters. The molecule has 2 aromatic carbocycles. The maximum atomic E-state index is 9.74. The Morgan fingerprint density at radius 3 is 2.53 bits per heavy atom. The summed E-state index contributed by atoms with van der Waals surface area (Å²) in [6, 6.07) is 7.55. The molecular weight excluding hydrogens is 486 g/mol. The number of aliphatic hydroxyl groups excluding tert-OH is 1. The molecule has 4 aromatic rings. The Morgan fingerprint density at radius 1 is 1.13 bits per heavy atom. The number of fused-ring (bicyclic) bond motifs is 4. The molecule has 5 rings (SSSR count). The molecule has 0 fully saturated rings. The third kappa shape index (κ3) is 4.26. The van der Waals surface area contributed by atoms with Gasteiger partial charge in [-0.05, 0) is 30.7 Å². The molecule has 200 valence electrons. The quantitative estimate of drug-likeness (QED) is 0.282. The molecule has 1 aliphatic rings. The predicted molar refractivity (Wildman–Crippen MR) is 147 cm³/mol. The number of aliphatic hydroxyl groups is 1. The molecule has 0 spiro atoms. The zero-order valence-electron chi connectivity index (χ0n) is 22.6. The average molecular weight is 520 g/mol. The summed E-state index contributed by atoms with van der Waals surface area (Å²) in [7, 11) is 4.82. The number of benzene rings is 2. The largest absolute Gasteiger partial charge is 0.496 e. The van der Waals surface area contributed by atoms with Crippen molar-refractivity contribution in [3.63, 3.8) is 0 Å². The van der Waals surface area contributed by atoms with E-state index < -0.39 is 0 Å². The van der Waals surface area contributed by atoms with Gasteiger partial charge < -0.3 is 33.8 Å². The van der Waals surface area contributed by atoms with Gasteiger partial charge in [-0.15, -0.1) is 10.2 Å². The van der Waals surface area contributed by atoms with E-state index in [1.165, 1.54) is 0 Å². The monoisotopic (exact) mass is 519 g/mol. The first kappa shape index (κ1) is 25.7. The van der Waals surface area contributed by atoms with Crippen LogP contribution in [0.4, 0.5) is 5.82 Å². The molecule has 3 heterocycles. The molecule has 0 aliphatic carbocycles. The normalized spacial score (nSPS) is 14.9. The average Bonchev–Trinajstić information content (AvgIpc) is 3.52. The Kier molecular flexibility index (Phi) is 6.56. The zero-order chi connectivity index (χ0) is 27.2. The molecule has 9 heteroatoms. The number of rotatable bonds is 9. The molecule has 9 nitrogen and oxygen atoms in total. The van der Waals surface area contributed by atoms with Crippen LogP contribution in [0.25, 0.3) is 33.2 Å². The molecule has 0 amide bonds. The van der Waals surface area contributed by atoms with Crippen molar-refractivity contribution in [1.82, 2.24) is 10.2 Å². The smallest absolute Gasteiger partial charge is 0.192 e. The number of nitrogens with one attached hydrogen (secondary N) is 1. The lowest BCUT2D eigenvalue weighted by atomic mass is 9.95. The van der Waals surface area contributed by atoms with Crippen LogP contribution in [0, 0.1) is 5.41 Å². The lowest BCUT2D eigenvalue weighted by Crippen LogP contribution is -2.27. The van der Waals surface area contributed by atoms with Crippen LogP contribution in [0.3, 0.4) is 0 Å². The van der Waals surface area contributed by atoms with E-state index in [4.69, 9.17) is 23.4 Å². The fraction of sp³-hybridized carbons (Fsp3) is 0.379. The lowest BCUT2D eigenvalue weighted by Gasteiger charge is -2.22. The maximum Gasteiger partial charge on any atom is 0.192 e. The molecular formula is C29H33N3O6. The molecule has 38 heavy (non-hydrogen) atoms. The second-order valence-corrected chi connectivity index (χ2v) is 10.4. The van der Waals surface area contributed by atoms with Crippen molar-refractivity contribution < 1.29 is 28.5 Å². The summed E-state index contributed by atoms with van der Waals surface area (Å²) in [6.45, 7) is 10.4. The van der Waals surface area contributed by atoms with Gasteiger partial charge in [-0.1, -0.05) is 20.4 Å². The lowest BCUT2D eigenvalue weighted by molar-refractivity contribution is 0.170. The van der Waals surface area contributed by atoms with Gasteiger partial charge in [0.25, 0.3) is 0 Å². The minimum Gasteiger partial charge on any atom is -0.496 e. The van der Waals surface area contributed by atoms with Gasteiger partial charge in [0.2, 0.25) is 0 Å². The van der Waals surface area contributed by atoms with E-state index in [1.54, 1.807) is 27.4 Å². The highest BCUT2D eigenvalue weighted by molar-refractivity contribution is 6.15. The van der Waals surface area contributed by atoms with Crippen molar-refractivity contribution >= 4 is 27.8 Å². The standard InChI is InChI=1S/C29H33N3O6/c1-15(2)20-11-18-19(37-20)9-8-16(26(18)36-7)25-24-17-10-22(34-5)23(35-6)12-21(17)38-27(24)28(32-31-25)30-13-29(3,4)14-33/h8-10,12,20,33H,1,11,13-14H2,2-7H3,(H,30,32)/t20-/m1/s1. The van der Waals surface area contributed by atoms with Crippen molar-refractivity contribution in [3.05, 3.63) is 42.0 Å². The fourth-order valence-corrected chi connectivity index (χ4v) is 4.69. The van der Waals surface area contributed by atoms with Gasteiger partial charge >= 0.3 is 0 Å². The number of hydrogen-bond acceptors (Lipinski definition) is 9. The SMILES string of the molecule is C=C(C)[C@H]1Cc2c(ccc(-c3nnc(NCC(C)(C)CO)c4oc5cc(OC)c(OC)cc5c34)c2OC)O1. The highest BCUT2D eigenvalue weighted by Gasteiger charge is 2.31. The van der Waals surface area contributed by atoms with Crippen LogP contribution in [-0.4, -0.2) is 55.9 Å². The summed E-state index contributed by atoms with van der Waals surface area (Å²) < 4.78 is 29.5. The van der Waals surface area contributed by atoms with E-state index in [-0.39, 0.29) is 18.1 Å². The second kappa shape index (κ2) is 9.72. The van der Waals surface area contributed by atoms with Crippen LogP contribution in [0.15, 0.2) is 40.8 Å². The first-order valence-electron chi connectivity index (χ1n) is 12.4. The third-order valence-corrected chi connectivity index (χ3v) is 6.94. The van der Waals surface area contributed by atoms with Crippen LogP contribution in [0.5, 0.6) is 23.0 Å². The molecule has 0 unspecified atom stereocenters. The summed E-state index contributed by atoms with van der Waals surface area (Å²) >= 11 is 0. The van der Waals surface area contributed by atoms with Gasteiger partial charge in [0.1, 0.15) is 28.9 Å². The van der Waals surface area contributed by atoms with Crippen molar-refractivity contribution in [2.75, 3.05) is 39.8 Å². The van der Waals surface area contributed by atoms with Crippen LogP contribution in [-0.2, 0) is 6.42 Å². The minimum absolute atomic E-state index is 0.0166. The fourth-order valence-electron chi connectivity index (χ4n) is 4.69. The van der Waals surface area contributed by atoms with E-state index in [2.05, 4.69) is 22.1 Å². The molecule has 0 bridgehead atoms. The number of aromatic nitrogens is 2. The third-order valence-electron chi connectivity index (χ3n) is 6.94.